The van der Waals surface area contributed by atoms with Gasteiger partial charge in [0.25, 0.3) is 0 Å². The summed E-state index contributed by atoms with van der Waals surface area (Å²) >= 11 is 7.38. The molecule has 0 radical (unpaired) electrons. The van der Waals surface area contributed by atoms with E-state index in [0.717, 1.165) is 22.4 Å². The van der Waals surface area contributed by atoms with Gasteiger partial charge in [-0.15, -0.1) is 11.3 Å². The Morgan fingerprint density at radius 3 is 2.54 bits per heavy atom. The van der Waals surface area contributed by atoms with E-state index in [0.29, 0.717) is 17.3 Å². The summed E-state index contributed by atoms with van der Waals surface area (Å²) in [4.78, 5) is 13.6. The van der Waals surface area contributed by atoms with Crippen LogP contribution in [0.3, 0.4) is 0 Å². The van der Waals surface area contributed by atoms with Crippen molar-refractivity contribution >= 4 is 44.4 Å². The van der Waals surface area contributed by atoms with Gasteiger partial charge in [0.1, 0.15) is 0 Å². The molecule has 0 saturated heterocycles. The van der Waals surface area contributed by atoms with Crippen molar-refractivity contribution < 1.29 is 13.2 Å². The standard InChI is InChI=1S/C16H15ClN2O3S2/c1-24(21,22)12-4-2-11(3-5-12)10-16(20)19-9-8-13(18-19)14-6-7-15(17)23-14/h2-7H,8-10H2,1H3. The van der Waals surface area contributed by atoms with Gasteiger partial charge in [0, 0.05) is 12.7 Å². The highest BCUT2D eigenvalue weighted by molar-refractivity contribution is 7.90. The summed E-state index contributed by atoms with van der Waals surface area (Å²) in [5.41, 5.74) is 1.63. The average molecular weight is 383 g/mol. The molecule has 0 fully saturated rings. The predicted molar refractivity (Wildman–Crippen MR) is 95.5 cm³/mol. The van der Waals surface area contributed by atoms with Crippen molar-refractivity contribution in [2.45, 2.75) is 17.7 Å². The fourth-order valence-electron chi connectivity index (χ4n) is 2.40. The molecule has 1 aliphatic rings. The van der Waals surface area contributed by atoms with Gasteiger partial charge >= 0.3 is 0 Å². The summed E-state index contributed by atoms with van der Waals surface area (Å²) in [6, 6.07) is 10.1. The Balaban J connectivity index is 1.68. The van der Waals surface area contributed by atoms with Crippen LogP contribution in [-0.4, -0.2) is 37.8 Å². The lowest BCUT2D eigenvalue weighted by Crippen LogP contribution is -2.25. The number of carbonyl (C=O) groups is 1. The Morgan fingerprint density at radius 1 is 1.25 bits per heavy atom. The average Bonchev–Trinajstić information content (AvgIpc) is 3.15. The second-order valence-electron chi connectivity index (χ2n) is 5.51. The van der Waals surface area contributed by atoms with Crippen molar-refractivity contribution in [3.63, 3.8) is 0 Å². The van der Waals surface area contributed by atoms with Crippen molar-refractivity contribution in [2.24, 2.45) is 5.10 Å². The molecule has 1 aromatic heterocycles. The first-order chi connectivity index (χ1) is 11.3. The second-order valence-corrected chi connectivity index (χ2v) is 9.24. The van der Waals surface area contributed by atoms with Crippen molar-refractivity contribution in [2.75, 3.05) is 12.8 Å². The molecule has 0 N–H and O–H groups in total. The van der Waals surface area contributed by atoms with Crippen LogP contribution < -0.4 is 0 Å². The van der Waals surface area contributed by atoms with E-state index in [1.807, 2.05) is 12.1 Å². The maximum absolute atomic E-state index is 12.4. The van der Waals surface area contributed by atoms with Gasteiger partial charge in [-0.2, -0.15) is 5.10 Å². The lowest BCUT2D eigenvalue weighted by atomic mass is 10.1. The van der Waals surface area contributed by atoms with E-state index in [4.69, 9.17) is 11.6 Å². The lowest BCUT2D eigenvalue weighted by Gasteiger charge is -2.11. The number of halogens is 1. The number of thiophene rings is 1. The summed E-state index contributed by atoms with van der Waals surface area (Å²) < 4.78 is 23.6. The fraction of sp³-hybridized carbons (Fsp3) is 0.250. The van der Waals surface area contributed by atoms with Crippen LogP contribution in [0.4, 0.5) is 0 Å². The van der Waals surface area contributed by atoms with Gasteiger partial charge in [0.05, 0.1) is 32.8 Å². The minimum absolute atomic E-state index is 0.111. The minimum Gasteiger partial charge on any atom is -0.273 e. The Hall–Kier alpha value is -1.70. The molecule has 3 rings (SSSR count). The van der Waals surface area contributed by atoms with E-state index in [1.165, 1.54) is 28.5 Å². The third kappa shape index (κ3) is 3.85. The summed E-state index contributed by atoms with van der Waals surface area (Å²) in [7, 11) is -3.23. The highest BCUT2D eigenvalue weighted by Gasteiger charge is 2.22. The fourth-order valence-corrected chi connectivity index (χ4v) is 4.09. The number of nitrogens with zero attached hydrogens (tertiary/aromatic N) is 2. The number of benzene rings is 1. The van der Waals surface area contributed by atoms with Crippen LogP contribution >= 0.6 is 22.9 Å². The smallest absolute Gasteiger partial charge is 0.247 e. The maximum atomic E-state index is 12.4. The summed E-state index contributed by atoms with van der Waals surface area (Å²) in [5.74, 6) is -0.111. The summed E-state index contributed by atoms with van der Waals surface area (Å²) in [5, 5.41) is 5.85. The number of amides is 1. The molecule has 0 bridgehead atoms. The molecule has 8 heteroatoms. The predicted octanol–water partition coefficient (Wildman–Crippen LogP) is 2.98. The Bertz CT molecular complexity index is 902. The first-order valence-corrected chi connectivity index (χ1v) is 10.3. The minimum atomic E-state index is -3.23. The van der Waals surface area contributed by atoms with Crippen molar-refractivity contribution in [1.82, 2.24) is 5.01 Å². The third-order valence-electron chi connectivity index (χ3n) is 3.65. The van der Waals surface area contributed by atoms with Crippen molar-refractivity contribution in [3.8, 4) is 0 Å². The molecule has 1 amide bonds. The van der Waals surface area contributed by atoms with E-state index in [2.05, 4.69) is 5.10 Å². The number of hydrogen-bond donors (Lipinski definition) is 0. The molecule has 0 aliphatic carbocycles. The molecule has 2 heterocycles. The van der Waals surface area contributed by atoms with E-state index >= 15 is 0 Å². The van der Waals surface area contributed by atoms with Crippen LogP contribution in [0, 0.1) is 0 Å². The van der Waals surface area contributed by atoms with Crippen LogP contribution in [0.1, 0.15) is 16.9 Å². The number of rotatable bonds is 4. The molecule has 0 saturated carbocycles. The van der Waals surface area contributed by atoms with Gasteiger partial charge in [-0.05, 0) is 29.8 Å². The molecule has 0 unspecified atom stereocenters. The van der Waals surface area contributed by atoms with E-state index in [-0.39, 0.29) is 17.2 Å². The molecular formula is C16H15ClN2O3S2. The number of carbonyl (C=O) groups excluding carboxylic acids is 1. The first kappa shape index (κ1) is 17.1. The van der Waals surface area contributed by atoms with E-state index in [1.54, 1.807) is 12.1 Å². The molecule has 5 nitrogen and oxygen atoms in total. The van der Waals surface area contributed by atoms with Gasteiger partial charge in [-0.25, -0.2) is 13.4 Å². The zero-order valence-corrected chi connectivity index (χ0v) is 15.3. The lowest BCUT2D eigenvalue weighted by molar-refractivity contribution is -0.130. The largest absolute Gasteiger partial charge is 0.273 e. The normalized spacial score (nSPS) is 14.8. The van der Waals surface area contributed by atoms with Gasteiger partial charge in [0.2, 0.25) is 5.91 Å². The zero-order valence-electron chi connectivity index (χ0n) is 12.9. The highest BCUT2D eigenvalue weighted by atomic mass is 35.5. The highest BCUT2D eigenvalue weighted by Crippen LogP contribution is 2.25. The SMILES string of the molecule is CS(=O)(=O)c1ccc(CC(=O)N2CCC(c3ccc(Cl)s3)=N2)cc1. The second kappa shape index (κ2) is 6.66. The number of hydrazone groups is 1. The quantitative estimate of drug-likeness (QED) is 0.816. The Labute approximate surface area is 149 Å². The topological polar surface area (TPSA) is 66.8 Å². The Kier molecular flexibility index (Phi) is 4.76. The first-order valence-electron chi connectivity index (χ1n) is 7.25. The van der Waals surface area contributed by atoms with Gasteiger partial charge < -0.3 is 0 Å². The Morgan fingerprint density at radius 2 is 1.96 bits per heavy atom. The van der Waals surface area contributed by atoms with Crippen LogP contribution in [0.5, 0.6) is 0 Å². The van der Waals surface area contributed by atoms with Crippen LogP contribution in [0.25, 0.3) is 0 Å². The van der Waals surface area contributed by atoms with Gasteiger partial charge in [-0.3, -0.25) is 4.79 Å². The van der Waals surface area contributed by atoms with Crippen molar-refractivity contribution in [3.05, 3.63) is 51.2 Å². The summed E-state index contributed by atoms with van der Waals surface area (Å²) in [6.07, 6.45) is 2.05. The van der Waals surface area contributed by atoms with Crippen LogP contribution in [0.15, 0.2) is 46.4 Å². The number of sulfone groups is 1. The number of hydrogen-bond acceptors (Lipinski definition) is 5. The van der Waals surface area contributed by atoms with E-state index in [9.17, 15) is 13.2 Å². The molecule has 1 aromatic carbocycles. The van der Waals surface area contributed by atoms with Crippen LogP contribution in [-0.2, 0) is 21.1 Å². The monoisotopic (exact) mass is 382 g/mol. The molecule has 1 aliphatic heterocycles. The van der Waals surface area contributed by atoms with Gasteiger partial charge in [-0.1, -0.05) is 23.7 Å². The van der Waals surface area contributed by atoms with Crippen LogP contribution in [0.2, 0.25) is 4.34 Å². The molecule has 126 valence electrons. The molecular weight excluding hydrogens is 368 g/mol. The molecule has 2 aromatic rings. The maximum Gasteiger partial charge on any atom is 0.247 e. The summed E-state index contributed by atoms with van der Waals surface area (Å²) in [6.45, 7) is 0.547. The zero-order chi connectivity index (χ0) is 17.3. The van der Waals surface area contributed by atoms with Crippen molar-refractivity contribution in [1.29, 1.82) is 0 Å². The van der Waals surface area contributed by atoms with Gasteiger partial charge in [0.15, 0.2) is 9.84 Å². The molecule has 0 spiro atoms. The van der Waals surface area contributed by atoms with E-state index < -0.39 is 9.84 Å². The molecule has 0 atom stereocenters. The molecule has 24 heavy (non-hydrogen) atoms. The third-order valence-corrected chi connectivity index (χ3v) is 6.06.